The van der Waals surface area contributed by atoms with E-state index in [4.69, 9.17) is 17.3 Å². The average Bonchev–Trinajstić information content (AvgIpc) is 3.14. The predicted octanol–water partition coefficient (Wildman–Crippen LogP) is 3.74. The summed E-state index contributed by atoms with van der Waals surface area (Å²) in [5.41, 5.74) is 6.78. The molecule has 1 aromatic heterocycles. The average molecular weight is 461 g/mol. The van der Waals surface area contributed by atoms with E-state index in [-0.39, 0.29) is 6.04 Å². The van der Waals surface area contributed by atoms with Crippen molar-refractivity contribution in [3.8, 4) is 0 Å². The molecule has 166 valence electrons. The lowest BCUT2D eigenvalue weighted by atomic mass is 10.00. The zero-order valence-electron chi connectivity index (χ0n) is 18.1. The number of hydrogen-bond acceptors (Lipinski definition) is 8. The number of nitrogens with one attached hydrogen (secondary N) is 1. The Bertz CT molecular complexity index is 969. The Morgan fingerprint density at radius 2 is 2.00 bits per heavy atom. The van der Waals surface area contributed by atoms with Crippen molar-refractivity contribution in [2.75, 3.05) is 18.0 Å². The van der Waals surface area contributed by atoms with Crippen molar-refractivity contribution in [3.05, 3.63) is 59.2 Å². The van der Waals surface area contributed by atoms with E-state index in [1.807, 2.05) is 19.1 Å². The topological polar surface area (TPSA) is 99.7 Å². The van der Waals surface area contributed by atoms with Crippen LogP contribution in [0.15, 0.2) is 47.7 Å². The third-order valence-electron chi connectivity index (χ3n) is 5.01. The number of halogens is 1. The first-order chi connectivity index (χ1) is 14.6. The largest absolute Gasteiger partial charge is 0.398 e. The van der Waals surface area contributed by atoms with Gasteiger partial charge in [0.05, 0.1) is 5.71 Å². The summed E-state index contributed by atoms with van der Waals surface area (Å²) in [6.07, 6.45) is 3.55. The molecule has 1 aliphatic heterocycles. The number of aliphatic imine (C=N–C) groups is 1. The van der Waals surface area contributed by atoms with E-state index < -0.39 is 5.60 Å². The highest BCUT2D eigenvalue weighted by molar-refractivity contribution is 7.09. The molecule has 1 aromatic carbocycles. The van der Waals surface area contributed by atoms with Gasteiger partial charge in [-0.05, 0) is 57.4 Å². The maximum Gasteiger partial charge on any atom is 0.205 e. The Balaban J connectivity index is 1.65. The van der Waals surface area contributed by atoms with Gasteiger partial charge in [0.1, 0.15) is 17.2 Å². The SMILES string of the molecule is C=C(/N=C(\C=C(/N)c1ccc(Cl)cc1)C(C)(C)O)NC1CCN(c2nc(C)ns2)CC1. The molecule has 0 amide bonds. The van der Waals surface area contributed by atoms with Crippen LogP contribution >= 0.6 is 23.1 Å². The summed E-state index contributed by atoms with van der Waals surface area (Å²) in [5, 5.41) is 15.6. The quantitative estimate of drug-likeness (QED) is 0.544. The molecule has 31 heavy (non-hydrogen) atoms. The molecule has 1 aliphatic rings. The summed E-state index contributed by atoms with van der Waals surface area (Å²) < 4.78 is 4.26. The van der Waals surface area contributed by atoms with Crippen LogP contribution in [-0.4, -0.2) is 44.9 Å². The van der Waals surface area contributed by atoms with Gasteiger partial charge in [0.2, 0.25) is 5.13 Å². The Labute approximate surface area is 192 Å². The number of nitrogens with zero attached hydrogens (tertiary/aromatic N) is 4. The van der Waals surface area contributed by atoms with Crippen LogP contribution in [0.1, 0.15) is 38.1 Å². The summed E-state index contributed by atoms with van der Waals surface area (Å²) in [4.78, 5) is 11.3. The molecular weight excluding hydrogens is 432 g/mol. The van der Waals surface area contributed by atoms with Gasteiger partial charge in [-0.15, -0.1) is 0 Å². The lowest BCUT2D eigenvalue weighted by molar-refractivity contribution is 0.155. The van der Waals surface area contributed by atoms with Crippen molar-refractivity contribution >= 4 is 39.7 Å². The van der Waals surface area contributed by atoms with E-state index >= 15 is 0 Å². The minimum Gasteiger partial charge on any atom is -0.398 e. The normalized spacial score (nSPS) is 16.5. The van der Waals surface area contributed by atoms with Crippen molar-refractivity contribution in [2.45, 2.75) is 45.3 Å². The molecule has 1 saturated heterocycles. The fraction of sp³-hybridized carbons (Fsp3) is 0.409. The fourth-order valence-electron chi connectivity index (χ4n) is 3.26. The number of nitrogens with two attached hydrogens (primary N) is 1. The number of piperidine rings is 1. The molecule has 9 heteroatoms. The van der Waals surface area contributed by atoms with E-state index in [0.29, 0.717) is 22.3 Å². The number of anilines is 1. The van der Waals surface area contributed by atoms with Crippen LogP contribution in [0.25, 0.3) is 5.70 Å². The van der Waals surface area contributed by atoms with Crippen LogP contribution in [0.5, 0.6) is 0 Å². The van der Waals surface area contributed by atoms with E-state index in [0.717, 1.165) is 42.5 Å². The number of benzene rings is 1. The van der Waals surface area contributed by atoms with Crippen LogP contribution in [0.4, 0.5) is 5.13 Å². The summed E-state index contributed by atoms with van der Waals surface area (Å²) in [7, 11) is 0. The molecule has 4 N–H and O–H groups in total. The maximum absolute atomic E-state index is 10.6. The van der Waals surface area contributed by atoms with Gasteiger partial charge in [0.25, 0.3) is 0 Å². The van der Waals surface area contributed by atoms with Crippen molar-refractivity contribution in [1.29, 1.82) is 0 Å². The molecule has 7 nitrogen and oxygen atoms in total. The number of rotatable bonds is 7. The molecule has 0 atom stereocenters. The number of aliphatic hydroxyl groups is 1. The molecule has 1 fully saturated rings. The molecule has 0 radical (unpaired) electrons. The first kappa shape index (κ1) is 23.2. The second-order valence-corrected chi connectivity index (χ2v) is 9.31. The molecule has 3 rings (SSSR count). The fourth-order valence-corrected chi connectivity index (χ4v) is 4.11. The van der Waals surface area contributed by atoms with Gasteiger partial charge in [-0.25, -0.2) is 9.98 Å². The van der Waals surface area contributed by atoms with Crippen molar-refractivity contribution < 1.29 is 5.11 Å². The van der Waals surface area contributed by atoms with Gasteiger partial charge in [-0.3, -0.25) is 0 Å². The first-order valence-electron chi connectivity index (χ1n) is 10.2. The molecule has 0 spiro atoms. The Kier molecular flexibility index (Phi) is 7.35. The number of aryl methyl sites for hydroxylation is 1. The van der Waals surface area contributed by atoms with Crippen LogP contribution in [0, 0.1) is 6.92 Å². The number of aromatic nitrogens is 2. The second-order valence-electron chi connectivity index (χ2n) is 8.14. The molecule has 0 unspecified atom stereocenters. The van der Waals surface area contributed by atoms with E-state index in [1.165, 1.54) is 11.5 Å². The third-order valence-corrected chi connectivity index (χ3v) is 6.13. The van der Waals surface area contributed by atoms with Gasteiger partial charge in [0.15, 0.2) is 0 Å². The van der Waals surface area contributed by atoms with E-state index in [1.54, 1.807) is 32.1 Å². The Morgan fingerprint density at radius 1 is 1.35 bits per heavy atom. The number of hydrogen-bond donors (Lipinski definition) is 3. The van der Waals surface area contributed by atoms with Crippen LogP contribution in [-0.2, 0) is 0 Å². The lowest BCUT2D eigenvalue weighted by Gasteiger charge is -2.32. The molecule has 0 saturated carbocycles. The lowest BCUT2D eigenvalue weighted by Crippen LogP contribution is -2.42. The third kappa shape index (κ3) is 6.53. The van der Waals surface area contributed by atoms with Crippen molar-refractivity contribution in [2.24, 2.45) is 10.7 Å². The van der Waals surface area contributed by atoms with E-state index in [2.05, 4.69) is 31.1 Å². The molecule has 2 heterocycles. The molecule has 2 aromatic rings. The highest BCUT2D eigenvalue weighted by Gasteiger charge is 2.23. The van der Waals surface area contributed by atoms with Gasteiger partial charge in [0, 0.05) is 41.4 Å². The monoisotopic (exact) mass is 460 g/mol. The summed E-state index contributed by atoms with van der Waals surface area (Å²) in [5.74, 6) is 1.32. The summed E-state index contributed by atoms with van der Waals surface area (Å²) in [6, 6.07) is 7.46. The summed E-state index contributed by atoms with van der Waals surface area (Å²) >= 11 is 7.39. The first-order valence-corrected chi connectivity index (χ1v) is 11.3. The second kappa shape index (κ2) is 9.80. The van der Waals surface area contributed by atoms with Crippen LogP contribution in [0.3, 0.4) is 0 Å². The standard InChI is InChI=1S/C22H29ClN6OS/c1-14(25-18-9-11-29(12-10-18)21-27-15(2)28-31-21)26-20(22(3,4)30)13-19(24)16-5-7-17(23)8-6-16/h5-8,13,18,25,30H,1,9-12,24H2,2-4H3/b19-13-,26-20+. The zero-order chi connectivity index (χ0) is 22.6. The smallest absolute Gasteiger partial charge is 0.205 e. The highest BCUT2D eigenvalue weighted by Crippen LogP contribution is 2.22. The Morgan fingerprint density at radius 3 is 2.55 bits per heavy atom. The maximum atomic E-state index is 10.6. The predicted molar refractivity (Wildman–Crippen MR) is 130 cm³/mol. The van der Waals surface area contributed by atoms with Gasteiger partial charge < -0.3 is 21.1 Å². The van der Waals surface area contributed by atoms with Gasteiger partial charge in [-0.2, -0.15) is 4.37 Å². The van der Waals surface area contributed by atoms with Crippen LogP contribution in [0.2, 0.25) is 5.02 Å². The zero-order valence-corrected chi connectivity index (χ0v) is 19.7. The Hall–Kier alpha value is -2.42. The molecular formula is C22H29ClN6OS. The minimum absolute atomic E-state index is 0.252. The van der Waals surface area contributed by atoms with Crippen molar-refractivity contribution in [1.82, 2.24) is 14.7 Å². The van der Waals surface area contributed by atoms with Gasteiger partial charge in [-0.1, -0.05) is 30.3 Å². The van der Waals surface area contributed by atoms with Crippen LogP contribution < -0.4 is 16.0 Å². The van der Waals surface area contributed by atoms with Gasteiger partial charge >= 0.3 is 0 Å². The molecule has 0 bridgehead atoms. The van der Waals surface area contributed by atoms with Crippen molar-refractivity contribution in [3.63, 3.8) is 0 Å². The summed E-state index contributed by atoms with van der Waals surface area (Å²) in [6.45, 7) is 11.1. The minimum atomic E-state index is -1.18. The highest BCUT2D eigenvalue weighted by atomic mass is 35.5. The molecule has 0 aliphatic carbocycles. The van der Waals surface area contributed by atoms with E-state index in [9.17, 15) is 5.11 Å².